The summed E-state index contributed by atoms with van der Waals surface area (Å²) in [7, 11) is 3.34. The number of piperidine rings is 1. The maximum atomic E-state index is 12.7. The van der Waals surface area contributed by atoms with Gasteiger partial charge in [0.2, 0.25) is 0 Å². The summed E-state index contributed by atoms with van der Waals surface area (Å²) in [4.78, 5) is 15.2. The summed E-state index contributed by atoms with van der Waals surface area (Å²) in [6.45, 7) is 10.3. The average Bonchev–Trinajstić information content (AvgIpc) is 2.71. The molecule has 0 bridgehead atoms. The molecule has 2 aliphatic rings. The van der Waals surface area contributed by atoms with Crippen molar-refractivity contribution in [3.05, 3.63) is 23.3 Å². The van der Waals surface area contributed by atoms with E-state index in [4.69, 9.17) is 19.9 Å². The summed E-state index contributed by atoms with van der Waals surface area (Å²) in [5.74, 6) is 2.18. The first-order valence-corrected chi connectivity index (χ1v) is 11.2. The average molecular weight is 419 g/mol. The number of rotatable bonds is 7. The second-order valence-electron chi connectivity index (χ2n) is 9.54. The number of hydrogen-bond acceptors (Lipinski definition) is 6. The van der Waals surface area contributed by atoms with E-state index in [1.807, 2.05) is 13.8 Å². The molecular formula is C24H38N2O4. The van der Waals surface area contributed by atoms with Crippen molar-refractivity contribution >= 4 is 5.97 Å². The van der Waals surface area contributed by atoms with Gasteiger partial charge in [-0.2, -0.15) is 0 Å². The first kappa shape index (κ1) is 22.9. The highest BCUT2D eigenvalue weighted by atomic mass is 16.5. The minimum absolute atomic E-state index is 0.0632. The van der Waals surface area contributed by atoms with Crippen LogP contribution in [0.2, 0.25) is 0 Å². The molecule has 4 atom stereocenters. The Morgan fingerprint density at radius 2 is 1.83 bits per heavy atom. The Kier molecular flexibility index (Phi) is 7.30. The van der Waals surface area contributed by atoms with Gasteiger partial charge in [0.1, 0.15) is 12.1 Å². The molecule has 6 nitrogen and oxygen atoms in total. The fourth-order valence-corrected chi connectivity index (χ4v) is 4.88. The molecule has 6 heteroatoms. The van der Waals surface area contributed by atoms with E-state index in [0.29, 0.717) is 11.8 Å². The van der Waals surface area contributed by atoms with Crippen LogP contribution < -0.4 is 15.2 Å². The van der Waals surface area contributed by atoms with Crippen molar-refractivity contribution in [3.63, 3.8) is 0 Å². The van der Waals surface area contributed by atoms with E-state index in [1.54, 1.807) is 14.2 Å². The molecule has 0 saturated carbocycles. The lowest BCUT2D eigenvalue weighted by atomic mass is 9.79. The normalized spacial score (nSPS) is 24.9. The van der Waals surface area contributed by atoms with E-state index in [0.717, 1.165) is 43.9 Å². The van der Waals surface area contributed by atoms with Crippen molar-refractivity contribution < 1.29 is 19.0 Å². The van der Waals surface area contributed by atoms with Gasteiger partial charge >= 0.3 is 5.97 Å². The molecule has 0 aliphatic carbocycles. The highest BCUT2D eigenvalue weighted by Gasteiger charge is 2.41. The molecular weight excluding hydrogens is 380 g/mol. The Morgan fingerprint density at radius 3 is 2.43 bits per heavy atom. The maximum Gasteiger partial charge on any atom is 0.323 e. The first-order valence-electron chi connectivity index (χ1n) is 11.2. The van der Waals surface area contributed by atoms with Crippen LogP contribution in [0.4, 0.5) is 0 Å². The fraction of sp³-hybridized carbons (Fsp3) is 0.708. The van der Waals surface area contributed by atoms with Gasteiger partial charge in [-0.3, -0.25) is 9.69 Å². The monoisotopic (exact) mass is 418 g/mol. The van der Waals surface area contributed by atoms with E-state index in [2.05, 4.69) is 30.9 Å². The molecule has 0 aromatic heterocycles. The highest BCUT2D eigenvalue weighted by molar-refractivity contribution is 5.76. The van der Waals surface area contributed by atoms with Gasteiger partial charge < -0.3 is 19.9 Å². The van der Waals surface area contributed by atoms with Gasteiger partial charge in [-0.1, -0.05) is 27.7 Å². The van der Waals surface area contributed by atoms with Crippen LogP contribution in [0.25, 0.3) is 0 Å². The summed E-state index contributed by atoms with van der Waals surface area (Å²) >= 11 is 0. The van der Waals surface area contributed by atoms with E-state index in [1.165, 1.54) is 11.1 Å². The summed E-state index contributed by atoms with van der Waals surface area (Å²) in [6.07, 6.45) is 2.70. The van der Waals surface area contributed by atoms with Gasteiger partial charge in [0.05, 0.1) is 14.2 Å². The summed E-state index contributed by atoms with van der Waals surface area (Å²) in [5.41, 5.74) is 8.64. The zero-order valence-electron chi connectivity index (χ0n) is 19.3. The standard InChI is InChI=1S/C24H38N2O4/c1-14(2)9-17-13-26-8-7-16-10-21(28-5)22(29-6)11-18(16)19(26)12-20(17)30-24(27)23(25)15(3)4/h10-11,14-15,17,19-20,23H,7-9,12-13,25H2,1-6H3/t17-,19+,20+,23+/m0/s1. The predicted molar refractivity (Wildman–Crippen MR) is 118 cm³/mol. The second kappa shape index (κ2) is 9.56. The SMILES string of the molecule is COc1cc2c(cc1OC)[C@H]1C[C@@H](OC(=O)[C@H](N)C(C)C)[C@@H](CC(C)C)CN1CC2. The smallest absolute Gasteiger partial charge is 0.323 e. The molecule has 1 aromatic rings. The van der Waals surface area contributed by atoms with Crippen LogP contribution in [-0.2, 0) is 16.0 Å². The van der Waals surface area contributed by atoms with Crippen LogP contribution in [0, 0.1) is 17.8 Å². The van der Waals surface area contributed by atoms with Crippen LogP contribution >= 0.6 is 0 Å². The molecule has 30 heavy (non-hydrogen) atoms. The van der Waals surface area contributed by atoms with Crippen molar-refractivity contribution in [1.29, 1.82) is 0 Å². The van der Waals surface area contributed by atoms with Crippen LogP contribution in [0.3, 0.4) is 0 Å². The molecule has 0 unspecified atom stereocenters. The largest absolute Gasteiger partial charge is 0.493 e. The molecule has 1 fully saturated rings. The van der Waals surface area contributed by atoms with E-state index in [9.17, 15) is 4.79 Å². The Hall–Kier alpha value is -1.79. The number of hydrogen-bond donors (Lipinski definition) is 1. The lowest BCUT2D eigenvalue weighted by Gasteiger charge is -2.47. The minimum atomic E-state index is -0.578. The van der Waals surface area contributed by atoms with Gasteiger partial charge in [-0.15, -0.1) is 0 Å². The third-order valence-electron chi connectivity index (χ3n) is 6.60. The third-order valence-corrected chi connectivity index (χ3v) is 6.60. The number of benzene rings is 1. The topological polar surface area (TPSA) is 74.0 Å². The minimum Gasteiger partial charge on any atom is -0.493 e. The van der Waals surface area contributed by atoms with Gasteiger partial charge in [-0.25, -0.2) is 0 Å². The number of nitrogens with zero attached hydrogens (tertiary/aromatic N) is 1. The Labute approximate surface area is 181 Å². The van der Waals surface area contributed by atoms with Crippen LogP contribution in [0.1, 0.15) is 57.7 Å². The number of nitrogens with two attached hydrogens (primary N) is 1. The molecule has 0 radical (unpaired) electrons. The van der Waals surface area contributed by atoms with Crippen molar-refractivity contribution in [1.82, 2.24) is 4.90 Å². The molecule has 2 heterocycles. The predicted octanol–water partition coefficient (Wildman–Crippen LogP) is 3.56. The van der Waals surface area contributed by atoms with Crippen LogP contribution in [0.5, 0.6) is 11.5 Å². The number of carbonyl (C=O) groups is 1. The van der Waals surface area contributed by atoms with Crippen molar-refractivity contribution in [2.45, 2.75) is 65.1 Å². The fourth-order valence-electron chi connectivity index (χ4n) is 4.88. The van der Waals surface area contributed by atoms with Gasteiger partial charge in [0, 0.05) is 31.5 Å². The molecule has 2 aliphatic heterocycles. The van der Waals surface area contributed by atoms with Crippen molar-refractivity contribution in [2.24, 2.45) is 23.5 Å². The number of esters is 1. The number of fused-ring (bicyclic) bond motifs is 3. The summed E-state index contributed by atoms with van der Waals surface area (Å²) in [5, 5.41) is 0. The third kappa shape index (κ3) is 4.75. The molecule has 0 amide bonds. The number of carbonyl (C=O) groups excluding carboxylic acids is 1. The Bertz CT molecular complexity index is 749. The maximum absolute atomic E-state index is 12.7. The molecule has 2 N–H and O–H groups in total. The lowest BCUT2D eigenvalue weighted by molar-refractivity contribution is -0.160. The van der Waals surface area contributed by atoms with E-state index in [-0.39, 0.29) is 24.0 Å². The molecule has 168 valence electrons. The highest BCUT2D eigenvalue weighted by Crippen LogP contribution is 2.44. The quantitative estimate of drug-likeness (QED) is 0.683. The van der Waals surface area contributed by atoms with Crippen LogP contribution in [0.15, 0.2) is 12.1 Å². The van der Waals surface area contributed by atoms with E-state index >= 15 is 0 Å². The zero-order chi connectivity index (χ0) is 22.0. The first-order chi connectivity index (χ1) is 14.2. The number of ether oxygens (including phenoxy) is 3. The molecule has 1 saturated heterocycles. The summed E-state index contributed by atoms with van der Waals surface area (Å²) < 4.78 is 17.1. The molecule has 1 aromatic carbocycles. The van der Waals surface area contributed by atoms with E-state index < -0.39 is 6.04 Å². The van der Waals surface area contributed by atoms with Crippen molar-refractivity contribution in [2.75, 3.05) is 27.3 Å². The molecule has 3 rings (SSSR count). The lowest BCUT2D eigenvalue weighted by Crippen LogP contribution is -2.51. The van der Waals surface area contributed by atoms with Crippen LogP contribution in [-0.4, -0.2) is 50.3 Å². The second-order valence-corrected chi connectivity index (χ2v) is 9.54. The molecule has 0 spiro atoms. The Balaban J connectivity index is 1.88. The zero-order valence-corrected chi connectivity index (χ0v) is 19.3. The van der Waals surface area contributed by atoms with Gasteiger partial charge in [0.25, 0.3) is 0 Å². The van der Waals surface area contributed by atoms with Gasteiger partial charge in [-0.05, 0) is 47.9 Å². The Morgan fingerprint density at radius 1 is 1.17 bits per heavy atom. The van der Waals surface area contributed by atoms with Crippen molar-refractivity contribution in [3.8, 4) is 11.5 Å². The number of methoxy groups -OCH3 is 2. The van der Waals surface area contributed by atoms with Gasteiger partial charge in [0.15, 0.2) is 11.5 Å². The summed E-state index contributed by atoms with van der Waals surface area (Å²) in [6, 6.07) is 3.84.